The monoisotopic (exact) mass is 264 g/mol. The van der Waals surface area contributed by atoms with Gasteiger partial charge in [0.1, 0.15) is 11.6 Å². The second kappa shape index (κ2) is 5.91. The fourth-order valence-electron chi connectivity index (χ4n) is 1.83. The molecular weight excluding hydrogens is 248 g/mol. The number of pyridine rings is 1. The number of halogens is 1. The number of nitrogens with one attached hydrogen (secondary N) is 1. The van der Waals surface area contributed by atoms with Crippen LogP contribution in [0.15, 0.2) is 30.5 Å². The van der Waals surface area contributed by atoms with Gasteiger partial charge >= 0.3 is 0 Å². The van der Waals surface area contributed by atoms with Crippen molar-refractivity contribution in [2.75, 3.05) is 18.3 Å². The number of nitrogens with zero attached hydrogens (tertiary/aromatic N) is 1. The van der Waals surface area contributed by atoms with E-state index in [-0.39, 0.29) is 6.04 Å². The van der Waals surface area contributed by atoms with Crippen LogP contribution in [0.5, 0.6) is 5.75 Å². The molecule has 0 amide bonds. The quantitative estimate of drug-likeness (QED) is 0.837. The molecule has 96 valence electrons. The molecule has 1 heterocycles. The van der Waals surface area contributed by atoms with E-state index in [2.05, 4.69) is 17.2 Å². The third-order valence-corrected chi connectivity index (χ3v) is 3.37. The Morgan fingerprint density at radius 2 is 2.22 bits per heavy atom. The summed E-state index contributed by atoms with van der Waals surface area (Å²) >= 11 is 5.91. The van der Waals surface area contributed by atoms with E-state index in [1.165, 1.54) is 0 Å². The Morgan fingerprint density at radius 1 is 1.39 bits per heavy atom. The van der Waals surface area contributed by atoms with E-state index in [4.69, 9.17) is 16.3 Å². The van der Waals surface area contributed by atoms with Crippen LogP contribution in [0, 0.1) is 0 Å². The Hall–Kier alpha value is -1.48. The van der Waals surface area contributed by atoms with E-state index in [0.717, 1.165) is 28.8 Å². The first-order valence-electron chi connectivity index (χ1n) is 6.03. The summed E-state index contributed by atoms with van der Waals surface area (Å²) in [6.07, 6.45) is 2.77. The summed E-state index contributed by atoms with van der Waals surface area (Å²) in [5, 5.41) is 5.57. The number of alkyl halides is 1. The van der Waals surface area contributed by atoms with Crippen LogP contribution in [0.3, 0.4) is 0 Å². The summed E-state index contributed by atoms with van der Waals surface area (Å²) in [4.78, 5) is 4.39. The molecule has 2 aromatic rings. The number of anilines is 1. The third-order valence-electron chi connectivity index (χ3n) is 2.99. The van der Waals surface area contributed by atoms with E-state index < -0.39 is 0 Å². The van der Waals surface area contributed by atoms with Crippen LogP contribution in [-0.4, -0.2) is 24.0 Å². The van der Waals surface area contributed by atoms with Crippen LogP contribution in [0.4, 0.5) is 5.82 Å². The topological polar surface area (TPSA) is 34.2 Å². The normalized spacial score (nSPS) is 12.4. The highest BCUT2D eigenvalue weighted by Crippen LogP contribution is 2.26. The number of hydrogen-bond acceptors (Lipinski definition) is 3. The summed E-state index contributed by atoms with van der Waals surface area (Å²) in [7, 11) is 1.66. The summed E-state index contributed by atoms with van der Waals surface area (Å²) in [5.74, 6) is 2.26. The minimum Gasteiger partial charge on any atom is -0.497 e. The second-order valence-electron chi connectivity index (χ2n) is 4.15. The van der Waals surface area contributed by atoms with Crippen molar-refractivity contribution in [3.8, 4) is 5.75 Å². The molecule has 0 fully saturated rings. The van der Waals surface area contributed by atoms with Crippen LogP contribution < -0.4 is 10.1 Å². The Labute approximate surface area is 112 Å². The number of ether oxygens (including phenoxy) is 1. The molecule has 18 heavy (non-hydrogen) atoms. The molecule has 0 aliphatic heterocycles. The van der Waals surface area contributed by atoms with E-state index in [9.17, 15) is 0 Å². The number of rotatable bonds is 5. The van der Waals surface area contributed by atoms with E-state index in [0.29, 0.717) is 5.88 Å². The highest BCUT2D eigenvalue weighted by Gasteiger charge is 2.08. The van der Waals surface area contributed by atoms with Crippen molar-refractivity contribution in [1.29, 1.82) is 0 Å². The van der Waals surface area contributed by atoms with Gasteiger partial charge in [0.25, 0.3) is 0 Å². The minimum absolute atomic E-state index is 0.232. The number of benzene rings is 1. The van der Waals surface area contributed by atoms with Gasteiger partial charge in [0.05, 0.1) is 7.11 Å². The molecule has 1 unspecified atom stereocenters. The molecule has 4 heteroatoms. The molecule has 1 atom stereocenters. The van der Waals surface area contributed by atoms with Gasteiger partial charge in [-0.2, -0.15) is 0 Å². The van der Waals surface area contributed by atoms with E-state index in [1.807, 2.05) is 24.3 Å². The average molecular weight is 265 g/mol. The standard InChI is InChI=1S/C14H17ClN2O/c1-3-11(9-15)17-14-13-8-12(18-2)5-4-10(13)6-7-16-14/h4-8,11H,3,9H2,1-2H3,(H,16,17). The van der Waals surface area contributed by atoms with Gasteiger partial charge in [-0.25, -0.2) is 4.98 Å². The van der Waals surface area contributed by atoms with E-state index >= 15 is 0 Å². The minimum atomic E-state index is 0.232. The molecule has 0 saturated carbocycles. The van der Waals surface area contributed by atoms with E-state index in [1.54, 1.807) is 13.3 Å². The Balaban J connectivity index is 2.42. The Kier molecular flexibility index (Phi) is 4.26. The van der Waals surface area contributed by atoms with Gasteiger partial charge in [-0.15, -0.1) is 11.6 Å². The summed E-state index contributed by atoms with van der Waals surface area (Å²) in [6, 6.07) is 8.19. The van der Waals surface area contributed by atoms with Crippen molar-refractivity contribution < 1.29 is 4.74 Å². The molecule has 1 N–H and O–H groups in total. The fourth-order valence-corrected chi connectivity index (χ4v) is 2.13. The van der Waals surface area contributed by atoms with Gasteiger partial charge in [0.2, 0.25) is 0 Å². The predicted octanol–water partition coefficient (Wildman–Crippen LogP) is 3.67. The number of fused-ring (bicyclic) bond motifs is 1. The molecule has 1 aromatic heterocycles. The summed E-state index contributed by atoms with van der Waals surface area (Å²) in [5.41, 5.74) is 0. The van der Waals surface area contributed by atoms with Crippen molar-refractivity contribution in [2.45, 2.75) is 19.4 Å². The molecule has 3 nitrogen and oxygen atoms in total. The zero-order valence-electron chi connectivity index (χ0n) is 10.6. The van der Waals surface area contributed by atoms with Crippen molar-refractivity contribution in [3.05, 3.63) is 30.5 Å². The summed E-state index contributed by atoms with van der Waals surface area (Å²) < 4.78 is 5.25. The van der Waals surface area contributed by atoms with Crippen molar-refractivity contribution in [2.24, 2.45) is 0 Å². The fraction of sp³-hybridized carbons (Fsp3) is 0.357. The lowest BCUT2D eigenvalue weighted by Gasteiger charge is -2.16. The zero-order chi connectivity index (χ0) is 13.0. The molecule has 1 aromatic carbocycles. The smallest absolute Gasteiger partial charge is 0.134 e. The zero-order valence-corrected chi connectivity index (χ0v) is 11.4. The molecule has 0 saturated heterocycles. The van der Waals surface area contributed by atoms with Crippen molar-refractivity contribution >= 4 is 28.2 Å². The maximum atomic E-state index is 5.91. The number of aromatic nitrogens is 1. The molecule has 0 bridgehead atoms. The largest absolute Gasteiger partial charge is 0.497 e. The lowest BCUT2D eigenvalue weighted by atomic mass is 10.1. The van der Waals surface area contributed by atoms with Gasteiger partial charge in [0.15, 0.2) is 0 Å². The number of methoxy groups -OCH3 is 1. The van der Waals surface area contributed by atoms with Crippen LogP contribution in [-0.2, 0) is 0 Å². The van der Waals surface area contributed by atoms with Gasteiger partial charge in [0, 0.05) is 23.5 Å². The molecule has 0 aliphatic rings. The SMILES string of the molecule is CCC(CCl)Nc1nccc2ccc(OC)cc12. The number of hydrogen-bond donors (Lipinski definition) is 1. The van der Waals surface area contributed by atoms with Gasteiger partial charge in [-0.3, -0.25) is 0 Å². The summed E-state index contributed by atoms with van der Waals surface area (Å²) in [6.45, 7) is 2.10. The average Bonchev–Trinajstić information content (AvgIpc) is 2.44. The second-order valence-corrected chi connectivity index (χ2v) is 4.46. The lowest BCUT2D eigenvalue weighted by Crippen LogP contribution is -2.20. The van der Waals surface area contributed by atoms with Crippen LogP contribution >= 0.6 is 11.6 Å². The third kappa shape index (κ3) is 2.67. The predicted molar refractivity (Wildman–Crippen MR) is 76.7 cm³/mol. The first-order valence-corrected chi connectivity index (χ1v) is 6.57. The van der Waals surface area contributed by atoms with Crippen LogP contribution in [0.2, 0.25) is 0 Å². The van der Waals surface area contributed by atoms with Crippen LogP contribution in [0.1, 0.15) is 13.3 Å². The molecule has 0 radical (unpaired) electrons. The first-order chi connectivity index (χ1) is 8.78. The Morgan fingerprint density at radius 3 is 2.89 bits per heavy atom. The highest BCUT2D eigenvalue weighted by atomic mass is 35.5. The highest BCUT2D eigenvalue weighted by molar-refractivity contribution is 6.18. The Bertz CT molecular complexity index is 526. The maximum Gasteiger partial charge on any atom is 0.134 e. The lowest BCUT2D eigenvalue weighted by molar-refractivity contribution is 0.415. The molecule has 2 rings (SSSR count). The molecular formula is C14H17ClN2O. The van der Waals surface area contributed by atoms with Crippen molar-refractivity contribution in [1.82, 2.24) is 4.98 Å². The molecule has 0 spiro atoms. The molecule has 0 aliphatic carbocycles. The van der Waals surface area contributed by atoms with Crippen LogP contribution in [0.25, 0.3) is 10.8 Å². The van der Waals surface area contributed by atoms with Crippen molar-refractivity contribution in [3.63, 3.8) is 0 Å². The maximum absolute atomic E-state index is 5.91. The van der Waals surface area contributed by atoms with Gasteiger partial charge < -0.3 is 10.1 Å². The van der Waals surface area contributed by atoms with Gasteiger partial charge in [-0.05, 0) is 30.0 Å². The van der Waals surface area contributed by atoms with Gasteiger partial charge in [-0.1, -0.05) is 13.0 Å². The first kappa shape index (κ1) is 13.0.